The van der Waals surface area contributed by atoms with Crippen LogP contribution in [0.5, 0.6) is 17.2 Å². The summed E-state index contributed by atoms with van der Waals surface area (Å²) in [6.07, 6.45) is 1.30. The highest BCUT2D eigenvalue weighted by molar-refractivity contribution is 6.35. The van der Waals surface area contributed by atoms with Crippen LogP contribution in [0.4, 0.5) is 23.0 Å². The smallest absolute Gasteiger partial charge is 0.276 e. The van der Waals surface area contributed by atoms with Crippen LogP contribution < -0.4 is 36.1 Å². The van der Waals surface area contributed by atoms with E-state index in [2.05, 4.69) is 26.1 Å². The number of aromatic nitrogens is 2. The number of hydrogen-bond donors (Lipinski definition) is 4. The largest absolute Gasteiger partial charge is 0.486 e. The van der Waals surface area contributed by atoms with Gasteiger partial charge < -0.3 is 25.3 Å². The Balaban J connectivity index is 1.35. The number of anilines is 4. The minimum Gasteiger partial charge on any atom is -0.486 e. The van der Waals surface area contributed by atoms with Crippen molar-refractivity contribution in [3.63, 3.8) is 0 Å². The van der Waals surface area contributed by atoms with Crippen molar-refractivity contribution in [2.75, 3.05) is 36.3 Å². The Morgan fingerprint density at radius 3 is 2.66 bits per heavy atom. The molecule has 1 aliphatic heterocycles. The molecule has 0 bridgehead atoms. The third-order valence-electron chi connectivity index (χ3n) is 4.26. The van der Waals surface area contributed by atoms with Gasteiger partial charge in [-0.2, -0.15) is 0 Å². The second-order valence-electron chi connectivity index (χ2n) is 6.50. The minimum absolute atomic E-state index is 0.198. The number of fused-ring (bicyclic) bond motifs is 1. The molecule has 0 spiro atoms. The lowest BCUT2D eigenvalue weighted by atomic mass is 10.2. The van der Waals surface area contributed by atoms with E-state index in [1.54, 1.807) is 24.3 Å². The molecule has 1 aliphatic rings. The standard InChI is InChI=1S/C20H18Cl2N6O4/c21-11-1-3-14(13(22)7-11)32-9-17(29)27-28-20-18(23)19(24-10-25-20)26-12-2-4-15-16(8-12)31-6-5-30-15/h1-4,7-8,10H,5-6,9,23H2,(H,27,29)(H2,24,25,26,28). The second kappa shape index (κ2) is 9.67. The van der Waals surface area contributed by atoms with E-state index in [-0.39, 0.29) is 18.1 Å². The fourth-order valence-corrected chi connectivity index (χ4v) is 3.22. The van der Waals surface area contributed by atoms with Crippen LogP contribution in [0, 0.1) is 0 Å². The summed E-state index contributed by atoms with van der Waals surface area (Å²) in [6.45, 7) is 0.701. The van der Waals surface area contributed by atoms with E-state index in [9.17, 15) is 4.79 Å². The van der Waals surface area contributed by atoms with Gasteiger partial charge in [0.15, 0.2) is 29.7 Å². The van der Waals surface area contributed by atoms with E-state index < -0.39 is 5.91 Å². The lowest BCUT2D eigenvalue weighted by Gasteiger charge is -2.19. The van der Waals surface area contributed by atoms with E-state index in [4.69, 9.17) is 43.1 Å². The first-order valence-electron chi connectivity index (χ1n) is 9.39. The molecular formula is C20H18Cl2N6O4. The van der Waals surface area contributed by atoms with Crippen LogP contribution in [0.25, 0.3) is 0 Å². The number of nitrogens with two attached hydrogens (primary N) is 1. The number of rotatable bonds is 7. The Morgan fingerprint density at radius 1 is 1.06 bits per heavy atom. The van der Waals surface area contributed by atoms with Crippen molar-refractivity contribution in [3.8, 4) is 17.2 Å². The van der Waals surface area contributed by atoms with Gasteiger partial charge in [0, 0.05) is 16.8 Å². The van der Waals surface area contributed by atoms with E-state index in [0.29, 0.717) is 52.0 Å². The molecule has 32 heavy (non-hydrogen) atoms. The third-order valence-corrected chi connectivity index (χ3v) is 4.79. The van der Waals surface area contributed by atoms with Gasteiger partial charge in [-0.3, -0.25) is 15.6 Å². The predicted molar refractivity (Wildman–Crippen MR) is 121 cm³/mol. The van der Waals surface area contributed by atoms with Gasteiger partial charge >= 0.3 is 0 Å². The molecule has 0 radical (unpaired) electrons. The number of halogens is 2. The van der Waals surface area contributed by atoms with Crippen LogP contribution in [0.2, 0.25) is 10.0 Å². The Morgan fingerprint density at radius 2 is 1.84 bits per heavy atom. The van der Waals surface area contributed by atoms with Gasteiger partial charge in [-0.05, 0) is 30.3 Å². The summed E-state index contributed by atoms with van der Waals surface area (Å²) in [6, 6.07) is 10.1. The van der Waals surface area contributed by atoms with Crippen LogP contribution in [0.1, 0.15) is 0 Å². The number of carbonyl (C=O) groups is 1. The molecule has 166 valence electrons. The summed E-state index contributed by atoms with van der Waals surface area (Å²) < 4.78 is 16.5. The van der Waals surface area contributed by atoms with E-state index in [1.807, 2.05) is 6.07 Å². The van der Waals surface area contributed by atoms with Crippen molar-refractivity contribution in [2.45, 2.75) is 0 Å². The van der Waals surface area contributed by atoms with E-state index >= 15 is 0 Å². The van der Waals surface area contributed by atoms with Crippen LogP contribution in [-0.2, 0) is 4.79 Å². The first-order chi connectivity index (χ1) is 15.5. The summed E-state index contributed by atoms with van der Waals surface area (Å²) in [5, 5.41) is 3.86. The van der Waals surface area contributed by atoms with Crippen molar-refractivity contribution in [2.24, 2.45) is 0 Å². The monoisotopic (exact) mass is 476 g/mol. The molecule has 2 heterocycles. The Hall–Kier alpha value is -3.63. The lowest BCUT2D eigenvalue weighted by Crippen LogP contribution is -2.34. The van der Waals surface area contributed by atoms with Gasteiger partial charge in [0.1, 0.15) is 31.0 Å². The van der Waals surface area contributed by atoms with Gasteiger partial charge in [-0.15, -0.1) is 0 Å². The Labute approximate surface area is 193 Å². The molecule has 1 aromatic heterocycles. The molecule has 10 nitrogen and oxygen atoms in total. The first kappa shape index (κ1) is 21.6. The number of nitrogen functional groups attached to an aromatic ring is 1. The summed E-state index contributed by atoms with van der Waals surface area (Å²) in [7, 11) is 0. The zero-order valence-corrected chi connectivity index (χ0v) is 18.0. The maximum absolute atomic E-state index is 12.1. The normalized spacial score (nSPS) is 12.1. The third kappa shape index (κ3) is 5.16. The van der Waals surface area contributed by atoms with Gasteiger partial charge in [0.25, 0.3) is 5.91 Å². The highest BCUT2D eigenvalue weighted by Crippen LogP contribution is 2.34. The molecule has 5 N–H and O–H groups in total. The number of hydrazine groups is 1. The van der Waals surface area contributed by atoms with Crippen molar-refractivity contribution in [3.05, 3.63) is 52.8 Å². The van der Waals surface area contributed by atoms with Crippen LogP contribution in [0.3, 0.4) is 0 Å². The van der Waals surface area contributed by atoms with Gasteiger partial charge in [0.2, 0.25) is 0 Å². The van der Waals surface area contributed by atoms with Crippen molar-refractivity contribution in [1.82, 2.24) is 15.4 Å². The Kier molecular flexibility index (Phi) is 6.52. The number of amides is 1. The fraction of sp³-hybridized carbons (Fsp3) is 0.150. The topological polar surface area (TPSA) is 133 Å². The molecular weight excluding hydrogens is 459 g/mol. The summed E-state index contributed by atoms with van der Waals surface area (Å²) >= 11 is 11.9. The maximum atomic E-state index is 12.1. The quantitative estimate of drug-likeness (QED) is 0.378. The maximum Gasteiger partial charge on any atom is 0.276 e. The van der Waals surface area contributed by atoms with E-state index in [1.165, 1.54) is 12.4 Å². The minimum atomic E-state index is -0.477. The molecule has 1 amide bonds. The lowest BCUT2D eigenvalue weighted by molar-refractivity contribution is -0.122. The molecule has 3 aromatic rings. The molecule has 0 saturated heterocycles. The highest BCUT2D eigenvalue weighted by Gasteiger charge is 2.14. The van der Waals surface area contributed by atoms with Crippen molar-refractivity contribution >= 4 is 52.1 Å². The molecule has 0 fully saturated rings. The number of hydrogen-bond acceptors (Lipinski definition) is 9. The molecule has 0 aliphatic carbocycles. The van der Waals surface area contributed by atoms with Gasteiger partial charge in [-0.25, -0.2) is 9.97 Å². The average Bonchev–Trinajstić information content (AvgIpc) is 2.79. The van der Waals surface area contributed by atoms with Crippen LogP contribution >= 0.6 is 23.2 Å². The molecule has 2 aromatic carbocycles. The molecule has 4 rings (SSSR count). The van der Waals surface area contributed by atoms with Crippen LogP contribution in [-0.4, -0.2) is 35.7 Å². The zero-order chi connectivity index (χ0) is 22.5. The summed E-state index contributed by atoms with van der Waals surface area (Å²) in [4.78, 5) is 20.3. The van der Waals surface area contributed by atoms with E-state index in [0.717, 1.165) is 0 Å². The van der Waals surface area contributed by atoms with Crippen molar-refractivity contribution in [1.29, 1.82) is 0 Å². The molecule has 12 heteroatoms. The van der Waals surface area contributed by atoms with Crippen molar-refractivity contribution < 1.29 is 19.0 Å². The van der Waals surface area contributed by atoms with Gasteiger partial charge in [-0.1, -0.05) is 23.2 Å². The number of carbonyl (C=O) groups excluding carboxylic acids is 1. The SMILES string of the molecule is Nc1c(NNC(=O)COc2ccc(Cl)cc2Cl)ncnc1Nc1ccc2c(c1)OCCO2. The molecule has 0 saturated carbocycles. The molecule has 0 unspecified atom stereocenters. The summed E-state index contributed by atoms with van der Waals surface area (Å²) in [5.74, 6) is 1.70. The fourth-order valence-electron chi connectivity index (χ4n) is 2.75. The molecule has 0 atom stereocenters. The average molecular weight is 477 g/mol. The predicted octanol–water partition coefficient (Wildman–Crippen LogP) is 3.40. The number of ether oxygens (including phenoxy) is 3. The highest BCUT2D eigenvalue weighted by atomic mass is 35.5. The zero-order valence-electron chi connectivity index (χ0n) is 16.5. The summed E-state index contributed by atoms with van der Waals surface area (Å²) in [5.41, 5.74) is 12.1. The van der Waals surface area contributed by atoms with Crippen LogP contribution in [0.15, 0.2) is 42.7 Å². The first-order valence-corrected chi connectivity index (χ1v) is 10.1. The van der Waals surface area contributed by atoms with Gasteiger partial charge in [0.05, 0.1) is 5.02 Å². The Bertz CT molecular complexity index is 1150. The number of nitrogens with one attached hydrogen (secondary N) is 3. The second-order valence-corrected chi connectivity index (χ2v) is 7.35. The number of benzene rings is 2. The number of nitrogens with zero attached hydrogens (tertiary/aromatic N) is 2.